The van der Waals surface area contributed by atoms with Gasteiger partial charge in [-0.25, -0.2) is 13.4 Å². The van der Waals surface area contributed by atoms with Crippen molar-refractivity contribution in [1.82, 2.24) is 24.4 Å². The lowest BCUT2D eigenvalue weighted by molar-refractivity contribution is -0.129. The van der Waals surface area contributed by atoms with E-state index in [1.807, 2.05) is 30.3 Å². The van der Waals surface area contributed by atoms with Crippen molar-refractivity contribution in [3.05, 3.63) is 48.8 Å². The molecule has 0 bridgehead atoms. The van der Waals surface area contributed by atoms with Gasteiger partial charge in [0, 0.05) is 26.2 Å². The molecule has 0 saturated carbocycles. The smallest absolute Gasteiger partial charge is 0.243 e. The second-order valence-corrected chi connectivity index (χ2v) is 9.28. The van der Waals surface area contributed by atoms with E-state index in [0.29, 0.717) is 18.2 Å². The van der Waals surface area contributed by atoms with Crippen molar-refractivity contribution in [2.24, 2.45) is 0 Å². The van der Waals surface area contributed by atoms with Crippen LogP contribution in [0.1, 0.15) is 0 Å². The summed E-state index contributed by atoms with van der Waals surface area (Å²) < 4.78 is 27.4. The van der Waals surface area contributed by atoms with Crippen LogP contribution in [0.5, 0.6) is 0 Å². The number of carbonyl (C=O) groups is 1. The van der Waals surface area contributed by atoms with Gasteiger partial charge in [-0.1, -0.05) is 42.1 Å². The average molecular weight is 418 g/mol. The van der Waals surface area contributed by atoms with Gasteiger partial charge in [0.1, 0.15) is 6.33 Å². The maximum absolute atomic E-state index is 13.0. The molecule has 4 rings (SSSR count). The quantitative estimate of drug-likeness (QED) is 0.633. The van der Waals surface area contributed by atoms with Crippen LogP contribution in [0.4, 0.5) is 0 Å². The van der Waals surface area contributed by atoms with E-state index >= 15 is 0 Å². The molecule has 3 aromatic rings. The minimum absolute atomic E-state index is 0.0378. The summed E-state index contributed by atoms with van der Waals surface area (Å²) in [6.45, 7) is 1.33. The van der Waals surface area contributed by atoms with Gasteiger partial charge in [0.05, 0.1) is 10.6 Å². The van der Waals surface area contributed by atoms with Crippen molar-refractivity contribution < 1.29 is 13.2 Å². The molecule has 2 heterocycles. The van der Waals surface area contributed by atoms with Gasteiger partial charge in [0.2, 0.25) is 15.9 Å². The van der Waals surface area contributed by atoms with Crippen molar-refractivity contribution in [1.29, 1.82) is 0 Å². The lowest BCUT2D eigenvalue weighted by Crippen LogP contribution is -2.50. The predicted molar refractivity (Wildman–Crippen MR) is 106 cm³/mol. The molecular formula is C18H19N5O3S2. The third-order valence-corrected chi connectivity index (χ3v) is 7.43. The standard InChI is InChI=1S/C18H19N5O3S2/c24-17(12-27-18-19-13-20-21-18)22-7-9-23(10-8-22)28(25,26)16-6-5-14-3-1-2-4-15(14)11-16/h1-6,11,13H,7-10,12H2,(H,19,20,21). The largest absolute Gasteiger partial charge is 0.339 e. The molecule has 0 radical (unpaired) electrons. The van der Waals surface area contributed by atoms with Crippen LogP contribution < -0.4 is 0 Å². The molecule has 2 aromatic carbocycles. The number of H-pyrrole nitrogens is 1. The summed E-state index contributed by atoms with van der Waals surface area (Å²) >= 11 is 1.28. The summed E-state index contributed by atoms with van der Waals surface area (Å²) in [6.07, 6.45) is 1.39. The molecule has 0 atom stereocenters. The Labute approximate surface area is 167 Å². The number of piperazine rings is 1. The minimum Gasteiger partial charge on any atom is -0.339 e. The molecule has 1 N–H and O–H groups in total. The van der Waals surface area contributed by atoms with E-state index < -0.39 is 10.0 Å². The average Bonchev–Trinajstić information content (AvgIpc) is 3.25. The third kappa shape index (κ3) is 3.89. The maximum atomic E-state index is 13.0. The summed E-state index contributed by atoms with van der Waals surface area (Å²) in [4.78, 5) is 18.3. The number of rotatable bonds is 5. The van der Waals surface area contributed by atoms with Gasteiger partial charge in [-0.2, -0.15) is 9.40 Å². The van der Waals surface area contributed by atoms with Crippen LogP contribution >= 0.6 is 11.8 Å². The van der Waals surface area contributed by atoms with Crippen LogP contribution in [0, 0.1) is 0 Å². The molecule has 1 saturated heterocycles. The van der Waals surface area contributed by atoms with Crippen LogP contribution in [0.25, 0.3) is 10.8 Å². The number of amides is 1. The zero-order chi connectivity index (χ0) is 19.6. The first kappa shape index (κ1) is 18.9. The monoisotopic (exact) mass is 417 g/mol. The van der Waals surface area contributed by atoms with Crippen molar-refractivity contribution in [2.75, 3.05) is 31.9 Å². The highest BCUT2D eigenvalue weighted by atomic mass is 32.2. The van der Waals surface area contributed by atoms with E-state index in [9.17, 15) is 13.2 Å². The lowest BCUT2D eigenvalue weighted by Gasteiger charge is -2.34. The molecule has 1 aromatic heterocycles. The summed E-state index contributed by atoms with van der Waals surface area (Å²) in [5.74, 6) is 0.205. The molecule has 0 aliphatic carbocycles. The molecule has 10 heteroatoms. The van der Waals surface area contributed by atoms with Crippen molar-refractivity contribution >= 4 is 38.5 Å². The fourth-order valence-corrected chi connectivity index (χ4v) is 5.28. The number of aromatic amines is 1. The predicted octanol–water partition coefficient (Wildman–Crippen LogP) is 1.58. The van der Waals surface area contributed by atoms with Gasteiger partial charge in [0.15, 0.2) is 5.16 Å². The fourth-order valence-electron chi connectivity index (χ4n) is 3.14. The molecule has 8 nitrogen and oxygen atoms in total. The van der Waals surface area contributed by atoms with Gasteiger partial charge in [-0.05, 0) is 22.9 Å². The Kier molecular flexibility index (Phi) is 5.33. The van der Waals surface area contributed by atoms with E-state index in [2.05, 4.69) is 15.2 Å². The lowest BCUT2D eigenvalue weighted by atomic mass is 10.1. The normalized spacial score (nSPS) is 15.8. The summed E-state index contributed by atoms with van der Waals surface area (Å²) in [6, 6.07) is 12.8. The van der Waals surface area contributed by atoms with Gasteiger partial charge in [0.25, 0.3) is 0 Å². The molecule has 0 spiro atoms. The SMILES string of the molecule is O=C(CSc1ncn[nH]1)N1CCN(S(=O)(=O)c2ccc3ccccc3c2)CC1. The second-order valence-electron chi connectivity index (χ2n) is 6.37. The Morgan fingerprint density at radius 2 is 1.82 bits per heavy atom. The highest BCUT2D eigenvalue weighted by Crippen LogP contribution is 2.23. The zero-order valence-corrected chi connectivity index (χ0v) is 16.6. The molecule has 1 fully saturated rings. The number of nitrogens with zero attached hydrogens (tertiary/aromatic N) is 4. The topological polar surface area (TPSA) is 99.3 Å². The zero-order valence-electron chi connectivity index (χ0n) is 15.0. The van der Waals surface area contributed by atoms with E-state index in [-0.39, 0.29) is 29.6 Å². The highest BCUT2D eigenvalue weighted by Gasteiger charge is 2.30. The van der Waals surface area contributed by atoms with E-state index in [0.717, 1.165) is 10.8 Å². The number of carbonyl (C=O) groups excluding carboxylic acids is 1. The number of sulfonamides is 1. The van der Waals surface area contributed by atoms with Crippen molar-refractivity contribution in [2.45, 2.75) is 10.1 Å². The molecule has 1 aliphatic heterocycles. The number of fused-ring (bicyclic) bond motifs is 1. The van der Waals surface area contributed by atoms with Crippen molar-refractivity contribution in [3.63, 3.8) is 0 Å². The first-order valence-corrected chi connectivity index (χ1v) is 11.2. The first-order chi connectivity index (χ1) is 13.5. The second kappa shape index (κ2) is 7.90. The Morgan fingerprint density at radius 3 is 2.54 bits per heavy atom. The molecule has 28 heavy (non-hydrogen) atoms. The van der Waals surface area contributed by atoms with Crippen LogP contribution in [0.2, 0.25) is 0 Å². The van der Waals surface area contributed by atoms with E-state index in [4.69, 9.17) is 0 Å². The maximum Gasteiger partial charge on any atom is 0.243 e. The molecule has 1 aliphatic rings. The number of thioether (sulfide) groups is 1. The van der Waals surface area contributed by atoms with Gasteiger partial charge in [-0.3, -0.25) is 9.89 Å². The highest BCUT2D eigenvalue weighted by molar-refractivity contribution is 7.99. The number of hydrogen-bond donors (Lipinski definition) is 1. The Hall–Kier alpha value is -2.43. The molecular weight excluding hydrogens is 398 g/mol. The number of aromatic nitrogens is 3. The van der Waals surface area contributed by atoms with Gasteiger partial charge in [-0.15, -0.1) is 0 Å². The number of nitrogens with one attached hydrogen (secondary N) is 1. The van der Waals surface area contributed by atoms with Crippen LogP contribution in [0.15, 0.2) is 58.8 Å². The van der Waals surface area contributed by atoms with Crippen molar-refractivity contribution in [3.8, 4) is 0 Å². The van der Waals surface area contributed by atoms with Gasteiger partial charge < -0.3 is 4.90 Å². The van der Waals surface area contributed by atoms with Crippen LogP contribution in [-0.4, -0.2) is 70.6 Å². The molecule has 0 unspecified atom stereocenters. The summed E-state index contributed by atoms with van der Waals surface area (Å²) in [7, 11) is -3.58. The fraction of sp³-hybridized carbons (Fsp3) is 0.278. The first-order valence-electron chi connectivity index (χ1n) is 8.79. The van der Waals surface area contributed by atoms with E-state index in [1.54, 1.807) is 17.0 Å². The summed E-state index contributed by atoms with van der Waals surface area (Å²) in [5.41, 5.74) is 0. The minimum atomic E-state index is -3.58. The Balaban J connectivity index is 1.39. The summed E-state index contributed by atoms with van der Waals surface area (Å²) in [5, 5.41) is 8.92. The van der Waals surface area contributed by atoms with Gasteiger partial charge >= 0.3 is 0 Å². The Morgan fingerprint density at radius 1 is 1.07 bits per heavy atom. The number of hydrogen-bond acceptors (Lipinski definition) is 6. The number of benzene rings is 2. The Bertz CT molecular complexity index is 1080. The van der Waals surface area contributed by atoms with Crippen LogP contribution in [0.3, 0.4) is 0 Å². The molecule has 1 amide bonds. The van der Waals surface area contributed by atoms with E-state index in [1.165, 1.54) is 22.4 Å². The van der Waals surface area contributed by atoms with Crippen LogP contribution in [-0.2, 0) is 14.8 Å². The third-order valence-electron chi connectivity index (χ3n) is 4.68. The molecule has 146 valence electrons.